The van der Waals surface area contributed by atoms with E-state index in [1.165, 1.54) is 6.42 Å². The first-order valence-corrected chi connectivity index (χ1v) is 10.4. The van der Waals surface area contributed by atoms with Crippen molar-refractivity contribution in [3.63, 3.8) is 0 Å². The summed E-state index contributed by atoms with van der Waals surface area (Å²) in [6.07, 6.45) is 8.27. The summed E-state index contributed by atoms with van der Waals surface area (Å²) in [7, 11) is 0. The summed E-state index contributed by atoms with van der Waals surface area (Å²) in [6.45, 7) is 0. The summed E-state index contributed by atoms with van der Waals surface area (Å²) in [5, 5.41) is 5.49. The molecule has 8 heteroatoms. The van der Waals surface area contributed by atoms with Gasteiger partial charge in [-0.25, -0.2) is 0 Å². The van der Waals surface area contributed by atoms with Gasteiger partial charge in [-0.2, -0.15) is 0 Å². The van der Waals surface area contributed by atoms with E-state index in [1.54, 1.807) is 4.90 Å². The molecule has 3 fully saturated rings. The Morgan fingerprint density at radius 1 is 1.04 bits per heavy atom. The number of amides is 4. The van der Waals surface area contributed by atoms with Gasteiger partial charge in [0, 0.05) is 12.5 Å². The van der Waals surface area contributed by atoms with E-state index in [0.29, 0.717) is 37.3 Å². The van der Waals surface area contributed by atoms with Crippen LogP contribution in [0.15, 0.2) is 11.3 Å². The van der Waals surface area contributed by atoms with Crippen molar-refractivity contribution >= 4 is 23.6 Å². The zero-order chi connectivity index (χ0) is 19.8. The number of nitrogens with zero attached hydrogens (tertiary/aromatic N) is 1. The summed E-state index contributed by atoms with van der Waals surface area (Å²) < 4.78 is 0. The average Bonchev–Trinajstić information content (AvgIpc) is 3.31. The zero-order valence-electron chi connectivity index (χ0n) is 16.0. The van der Waals surface area contributed by atoms with E-state index in [4.69, 9.17) is 5.73 Å². The molecule has 4 rings (SSSR count). The van der Waals surface area contributed by atoms with E-state index in [2.05, 4.69) is 10.6 Å². The van der Waals surface area contributed by atoms with E-state index in [1.807, 2.05) is 0 Å². The van der Waals surface area contributed by atoms with Gasteiger partial charge in [0.15, 0.2) is 0 Å². The molecular weight excluding hydrogens is 360 g/mol. The molecule has 0 spiro atoms. The van der Waals surface area contributed by atoms with Crippen molar-refractivity contribution in [1.82, 2.24) is 15.5 Å². The van der Waals surface area contributed by atoms with Gasteiger partial charge in [-0.3, -0.25) is 19.2 Å². The SMILES string of the molecule is NC(=O)[C@@H]1CC[C@@H]2CC(C3CCCCC3)=C(NC(=O)[C@@H]3CCC(=O)N3)C(=O)N21. The van der Waals surface area contributed by atoms with Crippen LogP contribution in [-0.2, 0) is 19.2 Å². The lowest BCUT2D eigenvalue weighted by molar-refractivity contribution is -0.138. The van der Waals surface area contributed by atoms with E-state index >= 15 is 0 Å². The number of rotatable bonds is 4. The Bertz CT molecular complexity index is 740. The highest BCUT2D eigenvalue weighted by molar-refractivity contribution is 6.03. The molecule has 4 N–H and O–H groups in total. The topological polar surface area (TPSA) is 122 Å². The van der Waals surface area contributed by atoms with Crippen molar-refractivity contribution in [1.29, 1.82) is 0 Å². The van der Waals surface area contributed by atoms with Crippen LogP contribution in [-0.4, -0.2) is 46.7 Å². The second-order valence-electron chi connectivity index (χ2n) is 8.45. The Morgan fingerprint density at radius 3 is 2.43 bits per heavy atom. The molecule has 0 aromatic rings. The molecule has 2 saturated heterocycles. The number of nitrogens with one attached hydrogen (secondary N) is 2. The minimum Gasteiger partial charge on any atom is -0.368 e. The van der Waals surface area contributed by atoms with E-state index in [0.717, 1.165) is 37.7 Å². The molecule has 152 valence electrons. The number of primary amides is 1. The Kier molecular flexibility index (Phi) is 5.12. The monoisotopic (exact) mass is 388 g/mol. The molecular formula is C20H28N4O4. The Balaban J connectivity index is 1.63. The average molecular weight is 388 g/mol. The zero-order valence-corrected chi connectivity index (χ0v) is 16.0. The quantitative estimate of drug-likeness (QED) is 0.648. The maximum Gasteiger partial charge on any atom is 0.271 e. The lowest BCUT2D eigenvalue weighted by atomic mass is 9.78. The van der Waals surface area contributed by atoms with Gasteiger partial charge in [0.05, 0.1) is 0 Å². The molecule has 0 unspecified atom stereocenters. The van der Waals surface area contributed by atoms with Crippen LogP contribution in [0.2, 0.25) is 0 Å². The highest BCUT2D eigenvalue weighted by Crippen LogP contribution is 2.41. The van der Waals surface area contributed by atoms with Gasteiger partial charge in [0.25, 0.3) is 5.91 Å². The summed E-state index contributed by atoms with van der Waals surface area (Å²) in [5.74, 6) is -0.997. The van der Waals surface area contributed by atoms with Crippen LogP contribution in [0.4, 0.5) is 0 Å². The number of carbonyl (C=O) groups is 4. The molecule has 4 aliphatic rings. The Hall–Kier alpha value is -2.38. The normalized spacial score (nSPS) is 31.0. The van der Waals surface area contributed by atoms with E-state index in [-0.39, 0.29) is 23.8 Å². The van der Waals surface area contributed by atoms with Crippen LogP contribution in [0.25, 0.3) is 0 Å². The van der Waals surface area contributed by atoms with Crippen molar-refractivity contribution < 1.29 is 19.2 Å². The van der Waals surface area contributed by atoms with Crippen LogP contribution in [0.5, 0.6) is 0 Å². The van der Waals surface area contributed by atoms with Crippen LogP contribution in [0.1, 0.15) is 64.2 Å². The second-order valence-corrected chi connectivity index (χ2v) is 8.45. The number of carbonyl (C=O) groups excluding carboxylic acids is 4. The summed E-state index contributed by atoms with van der Waals surface area (Å²) in [6, 6.07) is -1.24. The van der Waals surface area contributed by atoms with Gasteiger partial charge in [0.1, 0.15) is 17.8 Å². The van der Waals surface area contributed by atoms with Gasteiger partial charge in [-0.1, -0.05) is 19.3 Å². The molecule has 8 nitrogen and oxygen atoms in total. The third-order valence-electron chi connectivity index (χ3n) is 6.71. The first-order valence-electron chi connectivity index (χ1n) is 10.4. The third kappa shape index (κ3) is 3.40. The molecule has 1 saturated carbocycles. The smallest absolute Gasteiger partial charge is 0.271 e. The van der Waals surface area contributed by atoms with Gasteiger partial charge >= 0.3 is 0 Å². The first-order chi connectivity index (χ1) is 13.5. The van der Waals surface area contributed by atoms with Crippen LogP contribution < -0.4 is 16.4 Å². The Morgan fingerprint density at radius 2 is 1.79 bits per heavy atom. The number of fused-ring (bicyclic) bond motifs is 1. The summed E-state index contributed by atoms with van der Waals surface area (Å²) in [5.41, 5.74) is 6.87. The van der Waals surface area contributed by atoms with Gasteiger partial charge in [-0.05, 0) is 50.0 Å². The van der Waals surface area contributed by atoms with Crippen molar-refractivity contribution in [3.05, 3.63) is 11.3 Å². The second kappa shape index (κ2) is 7.56. The molecule has 0 bridgehead atoms. The maximum absolute atomic E-state index is 13.3. The lowest BCUT2D eigenvalue weighted by Crippen LogP contribution is -2.54. The first kappa shape index (κ1) is 19.0. The van der Waals surface area contributed by atoms with Crippen LogP contribution in [0, 0.1) is 5.92 Å². The van der Waals surface area contributed by atoms with Gasteiger partial charge in [-0.15, -0.1) is 0 Å². The predicted molar refractivity (Wildman–Crippen MR) is 100 cm³/mol. The molecule has 0 radical (unpaired) electrons. The van der Waals surface area contributed by atoms with Crippen molar-refractivity contribution in [3.8, 4) is 0 Å². The molecule has 0 aromatic carbocycles. The number of hydrogen-bond donors (Lipinski definition) is 3. The van der Waals surface area contributed by atoms with Crippen LogP contribution in [0.3, 0.4) is 0 Å². The highest BCUT2D eigenvalue weighted by atomic mass is 16.2. The molecule has 1 aliphatic carbocycles. The molecule has 4 amide bonds. The van der Waals surface area contributed by atoms with Crippen molar-refractivity contribution in [2.24, 2.45) is 11.7 Å². The molecule has 28 heavy (non-hydrogen) atoms. The third-order valence-corrected chi connectivity index (χ3v) is 6.71. The minimum absolute atomic E-state index is 0.0197. The largest absolute Gasteiger partial charge is 0.368 e. The van der Waals surface area contributed by atoms with E-state index < -0.39 is 18.0 Å². The minimum atomic E-state index is -0.608. The van der Waals surface area contributed by atoms with Crippen molar-refractivity contribution in [2.75, 3.05) is 0 Å². The fourth-order valence-electron chi connectivity index (χ4n) is 5.27. The molecule has 0 aromatic heterocycles. The fourth-order valence-corrected chi connectivity index (χ4v) is 5.27. The summed E-state index contributed by atoms with van der Waals surface area (Å²) >= 11 is 0. The van der Waals surface area contributed by atoms with Gasteiger partial charge < -0.3 is 21.3 Å². The van der Waals surface area contributed by atoms with E-state index in [9.17, 15) is 19.2 Å². The molecule has 3 atom stereocenters. The number of nitrogens with two attached hydrogens (primary N) is 1. The Labute approximate surface area is 164 Å². The maximum atomic E-state index is 13.3. The lowest BCUT2D eigenvalue weighted by Gasteiger charge is -2.39. The van der Waals surface area contributed by atoms with Crippen LogP contribution >= 0.6 is 0 Å². The van der Waals surface area contributed by atoms with Gasteiger partial charge in [0.2, 0.25) is 17.7 Å². The molecule has 3 aliphatic heterocycles. The van der Waals surface area contributed by atoms with Crippen molar-refractivity contribution in [2.45, 2.75) is 82.3 Å². The summed E-state index contributed by atoms with van der Waals surface area (Å²) in [4.78, 5) is 50.9. The molecule has 3 heterocycles. The highest BCUT2D eigenvalue weighted by Gasteiger charge is 2.46. The fraction of sp³-hybridized carbons (Fsp3) is 0.700. The predicted octanol–water partition coefficient (Wildman–Crippen LogP) is 0.464. The number of hydrogen-bond acceptors (Lipinski definition) is 4. The standard InChI is InChI=1S/C20H28N4O4/c21-18(26)15-8-6-12-10-13(11-4-2-1-3-5-11)17(20(28)24(12)15)23-19(27)14-7-9-16(25)22-14/h11-12,14-15H,1-10H2,(H2,21,26)(H,22,25)(H,23,27)/t12-,14+,15+/m1/s1.